The summed E-state index contributed by atoms with van der Waals surface area (Å²) < 4.78 is 30.0. The first-order valence-corrected chi connectivity index (χ1v) is 13.1. The number of morpholine rings is 1. The summed E-state index contributed by atoms with van der Waals surface area (Å²) in [6.07, 6.45) is 5.36. The van der Waals surface area contributed by atoms with Crippen molar-refractivity contribution in [3.8, 4) is 17.0 Å². The number of likely N-dealkylation sites (N-methyl/N-ethyl adjacent to an activating group) is 1. The number of hydrogen-bond donors (Lipinski definition) is 1. The van der Waals surface area contributed by atoms with Gasteiger partial charge in [0.2, 0.25) is 11.8 Å². The average molecular weight is 526 g/mol. The van der Waals surface area contributed by atoms with Crippen LogP contribution in [0.4, 0.5) is 10.2 Å². The summed E-state index contributed by atoms with van der Waals surface area (Å²) in [5, 5.41) is 11.4. The van der Waals surface area contributed by atoms with Crippen molar-refractivity contribution in [3.05, 3.63) is 30.3 Å². The normalized spacial score (nSPS) is 23.7. The third-order valence-corrected chi connectivity index (χ3v) is 7.59. The molecular formula is C26H32FN7O4. The number of nitrogens with one attached hydrogen (secondary N) is 1. The lowest BCUT2D eigenvalue weighted by Gasteiger charge is -2.29. The van der Waals surface area contributed by atoms with Crippen LogP contribution in [0.25, 0.3) is 16.8 Å². The molecule has 2 aliphatic heterocycles. The van der Waals surface area contributed by atoms with Crippen LogP contribution in [0.15, 0.2) is 24.5 Å². The maximum absolute atomic E-state index is 15.3. The second-order valence-electron chi connectivity index (χ2n) is 10.5. The monoisotopic (exact) mass is 525 g/mol. The van der Waals surface area contributed by atoms with E-state index >= 15 is 4.39 Å². The molecule has 202 valence electrons. The highest BCUT2D eigenvalue weighted by Crippen LogP contribution is 2.41. The van der Waals surface area contributed by atoms with Crippen LogP contribution in [0.2, 0.25) is 0 Å². The van der Waals surface area contributed by atoms with Gasteiger partial charge in [-0.15, -0.1) is 5.10 Å². The highest BCUT2D eigenvalue weighted by atomic mass is 19.1. The van der Waals surface area contributed by atoms with E-state index in [1.54, 1.807) is 30.1 Å². The number of amides is 2. The number of carbonyl (C=O) groups excluding carboxylic acids is 2. The molecule has 11 nitrogen and oxygen atoms in total. The molecule has 1 N–H and O–H groups in total. The second kappa shape index (κ2) is 9.99. The van der Waals surface area contributed by atoms with E-state index < -0.39 is 5.82 Å². The Balaban J connectivity index is 1.16. The van der Waals surface area contributed by atoms with Crippen molar-refractivity contribution in [1.82, 2.24) is 29.2 Å². The van der Waals surface area contributed by atoms with Crippen LogP contribution in [0, 0.1) is 17.7 Å². The topological polar surface area (TPSA) is 106 Å². The minimum atomic E-state index is -0.501. The first kappa shape index (κ1) is 24.8. The van der Waals surface area contributed by atoms with Crippen molar-refractivity contribution in [3.63, 3.8) is 0 Å². The molecule has 1 aliphatic carbocycles. The molecular weight excluding hydrogens is 493 g/mol. The first-order chi connectivity index (χ1) is 18.4. The van der Waals surface area contributed by atoms with Crippen LogP contribution in [0.1, 0.15) is 19.3 Å². The Morgan fingerprint density at radius 1 is 1.18 bits per heavy atom. The summed E-state index contributed by atoms with van der Waals surface area (Å²) in [7, 11) is 3.77. The van der Waals surface area contributed by atoms with E-state index in [2.05, 4.69) is 20.4 Å². The van der Waals surface area contributed by atoms with Crippen molar-refractivity contribution < 1.29 is 23.5 Å². The highest BCUT2D eigenvalue weighted by Gasteiger charge is 2.49. The quantitative estimate of drug-likeness (QED) is 0.501. The zero-order valence-corrected chi connectivity index (χ0v) is 21.6. The van der Waals surface area contributed by atoms with E-state index in [4.69, 9.17) is 9.47 Å². The lowest BCUT2D eigenvalue weighted by Crippen LogP contribution is -2.42. The van der Waals surface area contributed by atoms with Gasteiger partial charge in [0.1, 0.15) is 18.4 Å². The van der Waals surface area contributed by atoms with Crippen LogP contribution < -0.4 is 10.1 Å². The average Bonchev–Trinajstić information content (AvgIpc) is 3.16. The van der Waals surface area contributed by atoms with Crippen LogP contribution in [0.3, 0.4) is 0 Å². The van der Waals surface area contributed by atoms with E-state index in [9.17, 15) is 9.59 Å². The van der Waals surface area contributed by atoms with E-state index in [0.717, 1.165) is 39.0 Å². The number of aryl methyl sites for hydroxylation is 1. The van der Waals surface area contributed by atoms with Gasteiger partial charge < -0.3 is 24.6 Å². The predicted molar refractivity (Wildman–Crippen MR) is 136 cm³/mol. The molecule has 3 aliphatic rings. The molecule has 6 rings (SSSR count). The first-order valence-electron chi connectivity index (χ1n) is 13.1. The molecule has 2 unspecified atom stereocenters. The lowest BCUT2D eigenvalue weighted by molar-refractivity contribution is -0.133. The molecule has 1 saturated carbocycles. The third kappa shape index (κ3) is 4.85. The summed E-state index contributed by atoms with van der Waals surface area (Å²) in [4.78, 5) is 29.4. The number of pyridine rings is 1. The number of fused-ring (bicyclic) bond motifs is 1. The van der Waals surface area contributed by atoms with Gasteiger partial charge in [0.05, 0.1) is 36.4 Å². The maximum Gasteiger partial charge on any atom is 0.229 e. The van der Waals surface area contributed by atoms with Gasteiger partial charge in [-0.1, -0.05) is 0 Å². The molecule has 5 heterocycles. The summed E-state index contributed by atoms with van der Waals surface area (Å²) in [5.74, 6) is -0.489. The minimum absolute atomic E-state index is 0.0700. The molecule has 3 fully saturated rings. The fourth-order valence-corrected chi connectivity index (χ4v) is 5.39. The molecule has 0 radical (unpaired) electrons. The van der Waals surface area contributed by atoms with E-state index in [1.807, 2.05) is 11.9 Å². The summed E-state index contributed by atoms with van der Waals surface area (Å²) >= 11 is 0. The Kier molecular flexibility index (Phi) is 6.52. The predicted octanol–water partition coefficient (Wildman–Crippen LogP) is 1.78. The third-order valence-electron chi connectivity index (χ3n) is 7.59. The summed E-state index contributed by atoms with van der Waals surface area (Å²) in [5.41, 5.74) is 1.41. The van der Waals surface area contributed by atoms with Crippen molar-refractivity contribution in [2.24, 2.45) is 18.9 Å². The number of aromatic nitrogens is 4. The Hall–Kier alpha value is -3.51. The van der Waals surface area contributed by atoms with Gasteiger partial charge in [0.15, 0.2) is 17.4 Å². The van der Waals surface area contributed by atoms with Crippen LogP contribution in [0.5, 0.6) is 5.75 Å². The fourth-order valence-electron chi connectivity index (χ4n) is 5.39. The van der Waals surface area contributed by atoms with Crippen molar-refractivity contribution >= 4 is 23.1 Å². The van der Waals surface area contributed by atoms with Crippen LogP contribution in [-0.2, 0) is 21.4 Å². The van der Waals surface area contributed by atoms with Crippen molar-refractivity contribution in [2.45, 2.75) is 25.4 Å². The lowest BCUT2D eigenvalue weighted by atomic mass is 10.1. The van der Waals surface area contributed by atoms with E-state index in [-0.39, 0.29) is 29.8 Å². The van der Waals surface area contributed by atoms with E-state index in [1.165, 1.54) is 10.7 Å². The van der Waals surface area contributed by atoms with E-state index in [0.29, 0.717) is 48.0 Å². The molecule has 3 atom stereocenters. The molecule has 3 aromatic heterocycles. The standard InChI is InChI=1S/C26H32FN7O4/c1-31-7-8-37-17(13-31)15-38-22-12-28-32(2)24(22)20-9-16-10-23(30-34(16)14-21(20)27)29-25(35)18-11-19(18)26(36)33-5-3-4-6-33/h9-10,12,14,17-19H,3-8,11,13,15H2,1-2H3,(H,29,30,35)/t17-,18?,19?/m1/s1. The van der Waals surface area contributed by atoms with Gasteiger partial charge in [-0.3, -0.25) is 14.3 Å². The smallest absolute Gasteiger partial charge is 0.229 e. The Morgan fingerprint density at radius 3 is 2.79 bits per heavy atom. The number of hydrogen-bond acceptors (Lipinski definition) is 7. The number of nitrogens with zero attached hydrogens (tertiary/aromatic N) is 6. The Labute approximate surface area is 219 Å². The van der Waals surface area contributed by atoms with Gasteiger partial charge >= 0.3 is 0 Å². The fraction of sp³-hybridized carbons (Fsp3) is 0.538. The van der Waals surface area contributed by atoms with Gasteiger partial charge in [0.25, 0.3) is 0 Å². The van der Waals surface area contributed by atoms with Crippen molar-refractivity contribution in [2.75, 3.05) is 51.8 Å². The van der Waals surface area contributed by atoms with Gasteiger partial charge in [0, 0.05) is 44.9 Å². The number of likely N-dealkylation sites (tertiary alicyclic amines) is 1. The molecule has 3 aromatic rings. The number of rotatable bonds is 7. The highest BCUT2D eigenvalue weighted by molar-refractivity contribution is 5.99. The number of anilines is 1. The number of carbonyl (C=O) groups is 2. The van der Waals surface area contributed by atoms with Crippen molar-refractivity contribution in [1.29, 1.82) is 0 Å². The SMILES string of the molecule is CN1CCO[C@@H](COc2cnn(C)c2-c2cc3cc(NC(=O)C4CC4C(=O)N4CCCC4)nn3cc2F)C1. The molecule has 12 heteroatoms. The Bertz CT molecular complexity index is 1370. The summed E-state index contributed by atoms with van der Waals surface area (Å²) in [6.45, 7) is 4.17. The number of ether oxygens (including phenoxy) is 2. The van der Waals surface area contributed by atoms with Crippen LogP contribution in [-0.4, -0.2) is 93.6 Å². The van der Waals surface area contributed by atoms with Gasteiger partial charge in [-0.25, -0.2) is 8.91 Å². The minimum Gasteiger partial charge on any atom is -0.487 e. The molecule has 0 spiro atoms. The van der Waals surface area contributed by atoms with Gasteiger partial charge in [-0.2, -0.15) is 5.10 Å². The molecule has 0 aromatic carbocycles. The number of halogens is 1. The van der Waals surface area contributed by atoms with Gasteiger partial charge in [-0.05, 0) is 32.4 Å². The maximum atomic E-state index is 15.3. The zero-order valence-electron chi connectivity index (χ0n) is 21.6. The Morgan fingerprint density at radius 2 is 2.00 bits per heavy atom. The molecule has 0 bridgehead atoms. The molecule has 2 saturated heterocycles. The summed E-state index contributed by atoms with van der Waals surface area (Å²) in [6, 6.07) is 3.34. The molecule has 38 heavy (non-hydrogen) atoms. The zero-order chi connectivity index (χ0) is 26.4. The second-order valence-corrected chi connectivity index (χ2v) is 10.5. The largest absolute Gasteiger partial charge is 0.487 e. The van der Waals surface area contributed by atoms with Crippen LogP contribution >= 0.6 is 0 Å². The molecule has 2 amide bonds.